The van der Waals surface area contributed by atoms with Crippen LogP contribution in [0.1, 0.15) is 93.7 Å². The van der Waals surface area contributed by atoms with Crippen LogP contribution in [0.3, 0.4) is 0 Å². The number of hydrogen-bond donors (Lipinski definition) is 0. The van der Waals surface area contributed by atoms with Crippen LogP contribution in [0.25, 0.3) is 5.70 Å². The fourth-order valence-corrected chi connectivity index (χ4v) is 8.97. The Labute approximate surface area is 292 Å². The lowest BCUT2D eigenvalue weighted by Crippen LogP contribution is -2.57. The lowest BCUT2D eigenvalue weighted by atomic mass is 9.35. The summed E-state index contributed by atoms with van der Waals surface area (Å²) < 4.78 is 7.09. The number of hydrogen-bond acceptors (Lipinski definition) is 3. The highest BCUT2D eigenvalue weighted by Crippen LogP contribution is 2.52. The minimum absolute atomic E-state index is 0.0292. The summed E-state index contributed by atoms with van der Waals surface area (Å²) in [6, 6.07) is 38.8. The first-order valence-corrected chi connectivity index (χ1v) is 18.1. The van der Waals surface area contributed by atoms with Crippen LogP contribution in [0.5, 0.6) is 0 Å². The van der Waals surface area contributed by atoms with Gasteiger partial charge in [0.05, 0.1) is 11.4 Å². The predicted octanol–water partition coefficient (Wildman–Crippen LogP) is 10.4. The highest BCUT2D eigenvalue weighted by Gasteiger charge is 2.49. The molecule has 0 spiro atoms. The molecule has 5 aromatic rings. The van der Waals surface area contributed by atoms with Gasteiger partial charge in [0.1, 0.15) is 6.61 Å². The zero-order chi connectivity index (χ0) is 33.8. The van der Waals surface area contributed by atoms with Crippen molar-refractivity contribution in [3.8, 4) is 0 Å². The van der Waals surface area contributed by atoms with Gasteiger partial charge in [0.2, 0.25) is 0 Å². The first-order chi connectivity index (χ1) is 23.5. The van der Waals surface area contributed by atoms with Gasteiger partial charge in [-0.3, -0.25) is 0 Å². The molecule has 0 atom stereocenters. The molecule has 1 aliphatic carbocycles. The number of rotatable bonds is 3. The molecule has 5 aromatic carbocycles. The van der Waals surface area contributed by atoms with E-state index in [2.05, 4.69) is 161 Å². The van der Waals surface area contributed by atoms with E-state index in [1.807, 2.05) is 0 Å². The van der Waals surface area contributed by atoms with Gasteiger partial charge in [-0.1, -0.05) is 102 Å². The summed E-state index contributed by atoms with van der Waals surface area (Å²) in [6.45, 7) is 17.1. The second kappa shape index (κ2) is 10.7. The molecule has 0 amide bonds. The summed E-state index contributed by atoms with van der Waals surface area (Å²) in [5.74, 6) is 0.431. The molecule has 3 nitrogen and oxygen atoms in total. The van der Waals surface area contributed by atoms with Crippen molar-refractivity contribution in [3.05, 3.63) is 142 Å². The molecule has 3 heterocycles. The smallest absolute Gasteiger partial charge is 0.296 e. The van der Waals surface area contributed by atoms with E-state index in [1.54, 1.807) is 0 Å². The molecular weight excluding hydrogens is 595 g/mol. The van der Waals surface area contributed by atoms with Gasteiger partial charge in [0, 0.05) is 34.0 Å². The number of anilines is 5. The average molecular weight is 641 g/mol. The van der Waals surface area contributed by atoms with Crippen molar-refractivity contribution in [2.24, 2.45) is 0 Å². The van der Waals surface area contributed by atoms with Crippen LogP contribution < -0.4 is 20.7 Å². The van der Waals surface area contributed by atoms with Crippen molar-refractivity contribution in [2.45, 2.75) is 84.7 Å². The molecule has 0 saturated carbocycles. The minimum Gasteiger partial charge on any atom is -0.500 e. The second-order valence-electron chi connectivity index (χ2n) is 16.2. The van der Waals surface area contributed by atoms with Gasteiger partial charge in [0.15, 0.2) is 0 Å². The average Bonchev–Trinajstić information content (AvgIpc) is 3.10. The third kappa shape index (κ3) is 4.42. The first-order valence-electron chi connectivity index (χ1n) is 18.1. The molecular formula is C45H45BN2O. The lowest BCUT2D eigenvalue weighted by molar-refractivity contribution is 0.216. The van der Waals surface area contributed by atoms with Crippen molar-refractivity contribution in [1.29, 1.82) is 0 Å². The Hall–Kier alpha value is -4.70. The number of para-hydroxylation sites is 2. The number of fused-ring (bicyclic) bond motifs is 6. The Morgan fingerprint density at radius 3 is 2.04 bits per heavy atom. The SMILES string of the molecule is Cc1ccccc1N1c2cc3c(cc2B2C4=C(c5cc(C(C)C)ccc5CO4)N(c4ccccc4)c4cccc1c42)C(C)(C)CCC3(C)C. The molecule has 49 heavy (non-hydrogen) atoms. The molecule has 4 heteroatoms. The van der Waals surface area contributed by atoms with Gasteiger partial charge >= 0.3 is 0 Å². The Balaban J connectivity index is 1.42. The Bertz CT molecular complexity index is 2190. The topological polar surface area (TPSA) is 15.7 Å². The Morgan fingerprint density at radius 2 is 1.33 bits per heavy atom. The summed E-state index contributed by atoms with van der Waals surface area (Å²) in [5, 5.41) is 0. The van der Waals surface area contributed by atoms with Crippen LogP contribution in [0.15, 0.2) is 109 Å². The fraction of sp³-hybridized carbons (Fsp3) is 0.289. The van der Waals surface area contributed by atoms with E-state index < -0.39 is 0 Å². The predicted molar refractivity (Wildman–Crippen MR) is 207 cm³/mol. The number of aryl methyl sites for hydroxylation is 1. The van der Waals surface area contributed by atoms with Gasteiger partial charge in [-0.05, 0) is 118 Å². The maximum Gasteiger partial charge on any atom is 0.296 e. The van der Waals surface area contributed by atoms with E-state index >= 15 is 0 Å². The molecule has 0 unspecified atom stereocenters. The molecule has 244 valence electrons. The maximum atomic E-state index is 7.09. The zero-order valence-corrected chi connectivity index (χ0v) is 29.9. The summed E-state index contributed by atoms with van der Waals surface area (Å²) in [4.78, 5) is 5.04. The minimum atomic E-state index is -0.0292. The molecule has 9 rings (SSSR count). The molecule has 0 saturated heterocycles. The van der Waals surface area contributed by atoms with Gasteiger partial charge in [-0.15, -0.1) is 0 Å². The summed E-state index contributed by atoms with van der Waals surface area (Å²) in [7, 11) is 0. The van der Waals surface area contributed by atoms with Gasteiger partial charge in [-0.25, -0.2) is 0 Å². The van der Waals surface area contributed by atoms with E-state index in [0.717, 1.165) is 11.3 Å². The van der Waals surface area contributed by atoms with Crippen LogP contribution in [0, 0.1) is 6.92 Å². The molecule has 3 aliphatic heterocycles. The van der Waals surface area contributed by atoms with Crippen molar-refractivity contribution < 1.29 is 4.74 Å². The summed E-state index contributed by atoms with van der Waals surface area (Å²) in [5.41, 5.74) is 19.3. The number of nitrogens with zero attached hydrogens (tertiary/aromatic N) is 2. The largest absolute Gasteiger partial charge is 0.500 e. The third-order valence-corrected chi connectivity index (χ3v) is 11.9. The number of ether oxygens (including phenoxy) is 1. The van der Waals surface area contributed by atoms with Gasteiger partial charge in [-0.2, -0.15) is 0 Å². The van der Waals surface area contributed by atoms with Crippen molar-refractivity contribution in [2.75, 3.05) is 9.80 Å². The van der Waals surface area contributed by atoms with E-state index in [9.17, 15) is 0 Å². The highest BCUT2D eigenvalue weighted by molar-refractivity contribution is 6.95. The van der Waals surface area contributed by atoms with Crippen molar-refractivity contribution >= 4 is 51.8 Å². The Morgan fingerprint density at radius 1 is 0.673 bits per heavy atom. The van der Waals surface area contributed by atoms with Crippen LogP contribution in [-0.4, -0.2) is 6.71 Å². The standard InChI is InChI=1S/C45H45BN2O/c1-28(2)30-20-21-31-27-49-43-42(33(31)24-30)47(32-15-9-8-10-16-32)38-18-13-19-39-41(38)46(43)36-25-34-35(45(6,7)23-22-44(34,4)5)26-40(36)48(39)37-17-12-11-14-29(37)3/h8-21,24-26,28H,22-23,27H2,1-7H3. The van der Waals surface area contributed by atoms with E-state index in [1.165, 1.54) is 85.6 Å². The maximum absolute atomic E-state index is 7.09. The molecule has 0 aromatic heterocycles. The third-order valence-electron chi connectivity index (χ3n) is 11.9. The molecule has 4 aliphatic rings. The zero-order valence-electron chi connectivity index (χ0n) is 29.9. The van der Waals surface area contributed by atoms with Crippen molar-refractivity contribution in [1.82, 2.24) is 0 Å². The molecule has 0 N–H and O–H groups in total. The fourth-order valence-electron chi connectivity index (χ4n) is 8.97. The van der Waals surface area contributed by atoms with E-state index in [4.69, 9.17) is 4.74 Å². The first kappa shape index (κ1) is 30.4. The second-order valence-corrected chi connectivity index (χ2v) is 16.2. The highest BCUT2D eigenvalue weighted by atomic mass is 16.5. The molecule has 0 radical (unpaired) electrons. The van der Waals surface area contributed by atoms with E-state index in [0.29, 0.717) is 12.5 Å². The number of benzene rings is 5. The van der Waals surface area contributed by atoms with Crippen LogP contribution in [0.2, 0.25) is 0 Å². The van der Waals surface area contributed by atoms with Gasteiger partial charge < -0.3 is 14.5 Å². The van der Waals surface area contributed by atoms with Crippen LogP contribution in [-0.2, 0) is 22.2 Å². The summed E-state index contributed by atoms with van der Waals surface area (Å²) in [6.07, 6.45) is 2.36. The Kier molecular flexibility index (Phi) is 6.60. The normalized spacial score (nSPS) is 17.9. The van der Waals surface area contributed by atoms with Crippen LogP contribution in [0.4, 0.5) is 28.4 Å². The molecule has 0 bridgehead atoms. The lowest BCUT2D eigenvalue weighted by Gasteiger charge is -2.48. The van der Waals surface area contributed by atoms with Crippen molar-refractivity contribution in [3.63, 3.8) is 0 Å². The van der Waals surface area contributed by atoms with Gasteiger partial charge in [0.25, 0.3) is 6.71 Å². The summed E-state index contributed by atoms with van der Waals surface area (Å²) >= 11 is 0. The van der Waals surface area contributed by atoms with Crippen LogP contribution >= 0.6 is 0 Å². The van der Waals surface area contributed by atoms with E-state index in [-0.39, 0.29) is 17.5 Å². The molecule has 0 fully saturated rings. The quantitative estimate of drug-likeness (QED) is 0.183. The monoisotopic (exact) mass is 640 g/mol.